The number of hydrogen-bond donors (Lipinski definition) is 1. The monoisotopic (exact) mass is 430 g/mol. The number of amides is 1. The molecule has 0 bridgehead atoms. The molecule has 2 aromatic carbocycles. The SMILES string of the molecule is CC[C@@H](NC(=O)C1CCN(S(=O)(=O)c2ccccc2)CC1)c1ccc(OC)c(C)c1. The molecule has 1 amide bonds. The molecular weight excluding hydrogens is 400 g/mol. The first-order chi connectivity index (χ1) is 14.4. The molecule has 1 aliphatic rings. The summed E-state index contributed by atoms with van der Waals surface area (Å²) >= 11 is 0. The Morgan fingerprint density at radius 3 is 2.40 bits per heavy atom. The van der Waals surface area contributed by atoms with Crippen LogP contribution in [0.4, 0.5) is 0 Å². The normalized spacial score (nSPS) is 16.8. The van der Waals surface area contributed by atoms with E-state index in [2.05, 4.69) is 5.32 Å². The maximum absolute atomic E-state index is 12.9. The first-order valence-electron chi connectivity index (χ1n) is 10.4. The smallest absolute Gasteiger partial charge is 0.243 e. The van der Waals surface area contributed by atoms with Gasteiger partial charge in [0.1, 0.15) is 5.75 Å². The lowest BCUT2D eigenvalue weighted by Gasteiger charge is -2.31. The summed E-state index contributed by atoms with van der Waals surface area (Å²) in [4.78, 5) is 13.2. The number of carbonyl (C=O) groups excluding carboxylic acids is 1. The second-order valence-corrected chi connectivity index (χ2v) is 9.63. The lowest BCUT2D eigenvalue weighted by molar-refractivity contribution is -0.126. The zero-order valence-corrected chi connectivity index (χ0v) is 18.6. The highest BCUT2D eigenvalue weighted by Crippen LogP contribution is 2.27. The number of piperidine rings is 1. The van der Waals surface area contributed by atoms with Gasteiger partial charge in [0.15, 0.2) is 0 Å². The topological polar surface area (TPSA) is 75.7 Å². The molecule has 2 aromatic rings. The van der Waals surface area contributed by atoms with Crippen molar-refractivity contribution in [1.82, 2.24) is 9.62 Å². The molecule has 162 valence electrons. The van der Waals surface area contributed by atoms with Gasteiger partial charge < -0.3 is 10.1 Å². The molecule has 30 heavy (non-hydrogen) atoms. The van der Waals surface area contributed by atoms with Gasteiger partial charge in [-0.25, -0.2) is 8.42 Å². The van der Waals surface area contributed by atoms with Crippen LogP contribution in [0.5, 0.6) is 5.75 Å². The van der Waals surface area contributed by atoms with E-state index in [0.29, 0.717) is 30.8 Å². The van der Waals surface area contributed by atoms with Crippen LogP contribution in [0.3, 0.4) is 0 Å². The number of carbonyl (C=O) groups is 1. The third-order valence-electron chi connectivity index (χ3n) is 5.75. The highest BCUT2D eigenvalue weighted by molar-refractivity contribution is 7.89. The minimum absolute atomic E-state index is 0.00733. The molecule has 1 aliphatic heterocycles. The van der Waals surface area contributed by atoms with Crippen LogP contribution >= 0.6 is 0 Å². The van der Waals surface area contributed by atoms with Gasteiger partial charge in [0, 0.05) is 19.0 Å². The van der Waals surface area contributed by atoms with Crippen LogP contribution in [0.1, 0.15) is 43.4 Å². The summed E-state index contributed by atoms with van der Waals surface area (Å²) in [6.45, 7) is 4.74. The third-order valence-corrected chi connectivity index (χ3v) is 7.66. The van der Waals surface area contributed by atoms with Crippen molar-refractivity contribution in [3.05, 3.63) is 59.7 Å². The summed E-state index contributed by atoms with van der Waals surface area (Å²) in [6, 6.07) is 14.3. The van der Waals surface area contributed by atoms with Gasteiger partial charge in [-0.15, -0.1) is 0 Å². The van der Waals surface area contributed by atoms with Crippen molar-refractivity contribution in [3.8, 4) is 5.75 Å². The third kappa shape index (κ3) is 4.84. The lowest BCUT2D eigenvalue weighted by atomic mass is 9.95. The van der Waals surface area contributed by atoms with E-state index in [1.165, 1.54) is 4.31 Å². The summed E-state index contributed by atoms with van der Waals surface area (Å²) in [5.41, 5.74) is 2.08. The van der Waals surface area contributed by atoms with Crippen molar-refractivity contribution in [1.29, 1.82) is 0 Å². The first kappa shape index (κ1) is 22.3. The van der Waals surface area contributed by atoms with Crippen LogP contribution in [0.15, 0.2) is 53.4 Å². The molecule has 1 N–H and O–H groups in total. The highest BCUT2D eigenvalue weighted by Gasteiger charge is 2.32. The average Bonchev–Trinajstić information content (AvgIpc) is 2.78. The Bertz CT molecular complexity index is 968. The van der Waals surface area contributed by atoms with E-state index in [4.69, 9.17) is 4.74 Å². The van der Waals surface area contributed by atoms with Gasteiger partial charge in [0.05, 0.1) is 18.0 Å². The van der Waals surface area contributed by atoms with Crippen molar-refractivity contribution in [2.24, 2.45) is 5.92 Å². The van der Waals surface area contributed by atoms with Crippen molar-refractivity contribution in [2.45, 2.75) is 44.0 Å². The number of nitrogens with one attached hydrogen (secondary N) is 1. The molecule has 0 saturated carbocycles. The van der Waals surface area contributed by atoms with Crippen molar-refractivity contribution in [2.75, 3.05) is 20.2 Å². The Kier molecular flexibility index (Phi) is 7.15. The van der Waals surface area contributed by atoms with E-state index >= 15 is 0 Å². The Hall–Kier alpha value is -2.38. The fraction of sp³-hybridized carbons (Fsp3) is 0.435. The first-order valence-corrected chi connectivity index (χ1v) is 11.8. The molecule has 0 aliphatic carbocycles. The largest absolute Gasteiger partial charge is 0.496 e. The quantitative estimate of drug-likeness (QED) is 0.727. The molecule has 0 aromatic heterocycles. The van der Waals surface area contributed by atoms with E-state index in [0.717, 1.165) is 23.3 Å². The predicted molar refractivity (Wildman–Crippen MR) is 117 cm³/mol. The molecular formula is C23H30N2O4S. The summed E-state index contributed by atoms with van der Waals surface area (Å²) in [5, 5.41) is 3.15. The van der Waals surface area contributed by atoms with E-state index in [1.807, 2.05) is 32.0 Å². The van der Waals surface area contributed by atoms with Gasteiger partial charge in [-0.3, -0.25) is 4.79 Å². The number of hydrogen-bond acceptors (Lipinski definition) is 4. The summed E-state index contributed by atoms with van der Waals surface area (Å²) in [7, 11) is -1.86. The van der Waals surface area contributed by atoms with Crippen molar-refractivity contribution in [3.63, 3.8) is 0 Å². The number of sulfonamides is 1. The minimum Gasteiger partial charge on any atom is -0.496 e. The van der Waals surface area contributed by atoms with E-state index in [9.17, 15) is 13.2 Å². The van der Waals surface area contributed by atoms with E-state index in [1.54, 1.807) is 37.4 Å². The Morgan fingerprint density at radius 2 is 1.83 bits per heavy atom. The minimum atomic E-state index is -3.50. The average molecular weight is 431 g/mol. The summed E-state index contributed by atoms with van der Waals surface area (Å²) < 4.78 is 32.3. The van der Waals surface area contributed by atoms with Crippen LogP contribution in [-0.4, -0.2) is 38.8 Å². The number of ether oxygens (including phenoxy) is 1. The fourth-order valence-corrected chi connectivity index (χ4v) is 5.42. The summed E-state index contributed by atoms with van der Waals surface area (Å²) in [6.07, 6.45) is 1.82. The summed E-state index contributed by atoms with van der Waals surface area (Å²) in [5.74, 6) is 0.639. The van der Waals surface area contributed by atoms with Crippen molar-refractivity contribution >= 4 is 15.9 Å². The maximum Gasteiger partial charge on any atom is 0.243 e. The Labute approximate surface area is 179 Å². The standard InChI is InChI=1S/C23H30N2O4S/c1-4-21(19-10-11-22(29-3)17(2)16-19)24-23(26)18-12-14-25(15-13-18)30(27,28)20-8-6-5-7-9-20/h5-11,16,18,21H,4,12-15H2,1-3H3,(H,24,26)/t21-/m1/s1. The molecule has 3 rings (SSSR count). The van der Waals surface area contributed by atoms with E-state index < -0.39 is 10.0 Å². The molecule has 1 fully saturated rings. The maximum atomic E-state index is 12.9. The predicted octanol–water partition coefficient (Wildman–Crippen LogP) is 3.67. The molecule has 0 spiro atoms. The molecule has 1 atom stereocenters. The van der Waals surface area contributed by atoms with Gasteiger partial charge in [-0.2, -0.15) is 4.31 Å². The van der Waals surface area contributed by atoms with Crippen LogP contribution in [-0.2, 0) is 14.8 Å². The second-order valence-electron chi connectivity index (χ2n) is 7.69. The van der Waals surface area contributed by atoms with Crippen LogP contribution < -0.4 is 10.1 Å². The number of rotatable bonds is 7. The number of aryl methyl sites for hydroxylation is 1. The zero-order valence-electron chi connectivity index (χ0n) is 17.8. The van der Waals surface area contributed by atoms with Crippen molar-refractivity contribution < 1.29 is 17.9 Å². The van der Waals surface area contributed by atoms with Crippen LogP contribution in [0.2, 0.25) is 0 Å². The molecule has 6 nitrogen and oxygen atoms in total. The molecule has 1 heterocycles. The number of methoxy groups -OCH3 is 1. The van der Waals surface area contributed by atoms with Gasteiger partial charge in [0.2, 0.25) is 15.9 Å². The fourth-order valence-electron chi connectivity index (χ4n) is 3.93. The molecule has 0 radical (unpaired) electrons. The van der Waals surface area contributed by atoms with Gasteiger partial charge in [-0.1, -0.05) is 37.3 Å². The number of nitrogens with zero attached hydrogens (tertiary/aromatic N) is 1. The Morgan fingerprint density at radius 1 is 1.17 bits per heavy atom. The zero-order chi connectivity index (χ0) is 21.7. The van der Waals surface area contributed by atoms with E-state index in [-0.39, 0.29) is 17.9 Å². The van der Waals surface area contributed by atoms with Gasteiger partial charge in [0.25, 0.3) is 0 Å². The molecule has 0 unspecified atom stereocenters. The molecule has 7 heteroatoms. The lowest BCUT2D eigenvalue weighted by Crippen LogP contribution is -2.43. The number of benzene rings is 2. The highest BCUT2D eigenvalue weighted by atomic mass is 32.2. The molecule has 1 saturated heterocycles. The van der Waals surface area contributed by atoms with Gasteiger partial charge >= 0.3 is 0 Å². The van der Waals surface area contributed by atoms with Gasteiger partial charge in [-0.05, 0) is 55.5 Å². The van der Waals surface area contributed by atoms with Crippen LogP contribution in [0.25, 0.3) is 0 Å². The Balaban J connectivity index is 1.61. The van der Waals surface area contributed by atoms with Crippen LogP contribution in [0, 0.1) is 12.8 Å². The second kappa shape index (κ2) is 9.62.